The van der Waals surface area contributed by atoms with Crippen LogP contribution in [0.25, 0.3) is 0 Å². The largest absolute Gasteiger partial charge is 0.322 e. The molecule has 92 valence electrons. The number of nitrogens with one attached hydrogen (secondary N) is 1. The monoisotopic (exact) mass is 234 g/mol. The Hall–Kier alpha value is -1.62. The lowest BCUT2D eigenvalue weighted by Gasteiger charge is -2.33. The van der Waals surface area contributed by atoms with E-state index in [4.69, 9.17) is 0 Å². The van der Waals surface area contributed by atoms with Crippen molar-refractivity contribution in [3.05, 3.63) is 24.5 Å². The number of urea groups is 1. The molecule has 0 aromatic carbocycles. The van der Waals surface area contributed by atoms with Gasteiger partial charge in [0.25, 0.3) is 0 Å². The van der Waals surface area contributed by atoms with Crippen LogP contribution in [0.1, 0.15) is 6.92 Å². The molecule has 5 nitrogen and oxygen atoms in total. The number of anilines is 1. The van der Waals surface area contributed by atoms with Gasteiger partial charge in [-0.1, -0.05) is 6.92 Å². The van der Waals surface area contributed by atoms with Crippen molar-refractivity contribution in [2.75, 3.05) is 38.0 Å². The quantitative estimate of drug-likeness (QED) is 0.838. The van der Waals surface area contributed by atoms with Crippen molar-refractivity contribution in [1.82, 2.24) is 14.8 Å². The Bertz CT molecular complexity index is 360. The van der Waals surface area contributed by atoms with Gasteiger partial charge in [-0.05, 0) is 18.7 Å². The second-order valence-electron chi connectivity index (χ2n) is 4.09. The highest BCUT2D eigenvalue weighted by Crippen LogP contribution is 2.07. The number of hydrogen-bond donors (Lipinski definition) is 1. The zero-order chi connectivity index (χ0) is 12.1. The Labute approximate surface area is 101 Å². The number of carbonyl (C=O) groups is 1. The summed E-state index contributed by atoms with van der Waals surface area (Å²) in [6.07, 6.45) is 3.34. The number of rotatable bonds is 2. The van der Waals surface area contributed by atoms with Crippen LogP contribution in [-0.2, 0) is 0 Å². The lowest BCUT2D eigenvalue weighted by molar-refractivity contribution is 0.151. The molecule has 2 rings (SSSR count). The Morgan fingerprint density at radius 1 is 1.29 bits per heavy atom. The second-order valence-corrected chi connectivity index (χ2v) is 4.09. The third-order valence-electron chi connectivity index (χ3n) is 3.04. The highest BCUT2D eigenvalue weighted by molar-refractivity contribution is 5.89. The number of carbonyl (C=O) groups excluding carboxylic acids is 1. The first-order valence-corrected chi connectivity index (χ1v) is 5.98. The van der Waals surface area contributed by atoms with Crippen molar-refractivity contribution in [3.63, 3.8) is 0 Å². The summed E-state index contributed by atoms with van der Waals surface area (Å²) in [5, 5.41) is 2.87. The van der Waals surface area contributed by atoms with Crippen LogP contribution in [0.5, 0.6) is 0 Å². The summed E-state index contributed by atoms with van der Waals surface area (Å²) < 4.78 is 0. The fourth-order valence-corrected chi connectivity index (χ4v) is 1.90. The molecule has 1 aliphatic rings. The van der Waals surface area contributed by atoms with Crippen LogP contribution >= 0.6 is 0 Å². The fourth-order valence-electron chi connectivity index (χ4n) is 1.90. The topological polar surface area (TPSA) is 48.5 Å². The van der Waals surface area contributed by atoms with Crippen LogP contribution < -0.4 is 5.32 Å². The van der Waals surface area contributed by atoms with Gasteiger partial charge in [0.05, 0.1) is 0 Å². The molecule has 0 spiro atoms. The van der Waals surface area contributed by atoms with E-state index >= 15 is 0 Å². The molecule has 1 N–H and O–H groups in total. The van der Waals surface area contributed by atoms with Gasteiger partial charge in [0, 0.05) is 44.3 Å². The third kappa shape index (κ3) is 3.17. The molecule has 1 aromatic heterocycles. The summed E-state index contributed by atoms with van der Waals surface area (Å²) in [5.74, 6) is 0. The summed E-state index contributed by atoms with van der Waals surface area (Å²) in [5.41, 5.74) is 0.794. The van der Waals surface area contributed by atoms with Gasteiger partial charge in [0.2, 0.25) is 0 Å². The number of pyridine rings is 1. The number of piperazine rings is 1. The minimum absolute atomic E-state index is 0.0213. The molecular formula is C12H18N4O. The number of amides is 2. The lowest BCUT2D eigenvalue weighted by Crippen LogP contribution is -2.49. The fraction of sp³-hybridized carbons (Fsp3) is 0.500. The summed E-state index contributed by atoms with van der Waals surface area (Å²) >= 11 is 0. The predicted octanol–water partition coefficient (Wildman–Crippen LogP) is 1.25. The molecule has 2 heterocycles. The van der Waals surface area contributed by atoms with Crippen molar-refractivity contribution >= 4 is 11.7 Å². The molecule has 1 fully saturated rings. The first-order valence-electron chi connectivity index (χ1n) is 5.98. The van der Waals surface area contributed by atoms with Gasteiger partial charge >= 0.3 is 6.03 Å². The average molecular weight is 234 g/mol. The van der Waals surface area contributed by atoms with Gasteiger partial charge in [0.1, 0.15) is 0 Å². The van der Waals surface area contributed by atoms with Gasteiger partial charge in [-0.3, -0.25) is 4.98 Å². The number of nitrogens with zero attached hydrogens (tertiary/aromatic N) is 3. The number of likely N-dealkylation sites (N-methyl/N-ethyl adjacent to an activating group) is 1. The molecule has 0 aliphatic carbocycles. The van der Waals surface area contributed by atoms with Crippen molar-refractivity contribution < 1.29 is 4.79 Å². The second kappa shape index (κ2) is 5.63. The Morgan fingerprint density at radius 2 is 1.94 bits per heavy atom. The molecule has 17 heavy (non-hydrogen) atoms. The molecule has 0 unspecified atom stereocenters. The normalized spacial score (nSPS) is 16.9. The molecular weight excluding hydrogens is 216 g/mol. The molecule has 0 radical (unpaired) electrons. The van der Waals surface area contributed by atoms with Crippen LogP contribution in [0.15, 0.2) is 24.5 Å². The molecule has 1 aromatic rings. The maximum absolute atomic E-state index is 11.9. The molecule has 1 saturated heterocycles. The van der Waals surface area contributed by atoms with E-state index in [-0.39, 0.29) is 6.03 Å². The standard InChI is InChI=1S/C12H18N4O/c1-2-15-7-9-16(10-8-15)12(17)14-11-3-5-13-6-4-11/h3-6H,2,7-10H2,1H3,(H,13,14,17). The van der Waals surface area contributed by atoms with Gasteiger partial charge in [-0.25, -0.2) is 4.79 Å². The first kappa shape index (κ1) is 11.9. The maximum Gasteiger partial charge on any atom is 0.321 e. The molecule has 2 amide bonds. The highest BCUT2D eigenvalue weighted by Gasteiger charge is 2.19. The van der Waals surface area contributed by atoms with E-state index in [1.54, 1.807) is 24.5 Å². The molecule has 5 heteroatoms. The Morgan fingerprint density at radius 3 is 2.53 bits per heavy atom. The summed E-state index contributed by atoms with van der Waals surface area (Å²) in [6, 6.07) is 3.56. The van der Waals surface area contributed by atoms with Crippen LogP contribution in [0.2, 0.25) is 0 Å². The first-order chi connectivity index (χ1) is 8.29. The minimum Gasteiger partial charge on any atom is -0.322 e. The van der Waals surface area contributed by atoms with Crippen LogP contribution in [0.4, 0.5) is 10.5 Å². The maximum atomic E-state index is 11.9. The zero-order valence-corrected chi connectivity index (χ0v) is 10.1. The smallest absolute Gasteiger partial charge is 0.321 e. The highest BCUT2D eigenvalue weighted by atomic mass is 16.2. The Kier molecular flexibility index (Phi) is 3.93. The SMILES string of the molecule is CCN1CCN(C(=O)Nc2ccncc2)CC1. The van der Waals surface area contributed by atoms with E-state index in [9.17, 15) is 4.79 Å². The minimum atomic E-state index is -0.0213. The molecule has 0 saturated carbocycles. The van der Waals surface area contributed by atoms with Crippen LogP contribution in [-0.4, -0.2) is 53.5 Å². The Balaban J connectivity index is 1.85. The lowest BCUT2D eigenvalue weighted by atomic mass is 10.3. The van der Waals surface area contributed by atoms with Crippen LogP contribution in [0, 0.1) is 0 Å². The van der Waals surface area contributed by atoms with E-state index in [1.807, 2.05) is 4.90 Å². The summed E-state index contributed by atoms with van der Waals surface area (Å²) in [7, 11) is 0. The molecule has 0 atom stereocenters. The van der Waals surface area contributed by atoms with E-state index in [2.05, 4.69) is 22.1 Å². The molecule has 0 bridgehead atoms. The van der Waals surface area contributed by atoms with Gasteiger partial charge in [-0.2, -0.15) is 0 Å². The summed E-state index contributed by atoms with van der Waals surface area (Å²) in [4.78, 5) is 20.1. The van der Waals surface area contributed by atoms with E-state index in [1.165, 1.54) is 0 Å². The number of hydrogen-bond acceptors (Lipinski definition) is 3. The van der Waals surface area contributed by atoms with Gasteiger partial charge in [0.15, 0.2) is 0 Å². The van der Waals surface area contributed by atoms with Crippen molar-refractivity contribution in [3.8, 4) is 0 Å². The van der Waals surface area contributed by atoms with Gasteiger partial charge in [-0.15, -0.1) is 0 Å². The zero-order valence-electron chi connectivity index (χ0n) is 10.1. The summed E-state index contributed by atoms with van der Waals surface area (Å²) in [6.45, 7) is 6.71. The van der Waals surface area contributed by atoms with Crippen molar-refractivity contribution in [1.29, 1.82) is 0 Å². The van der Waals surface area contributed by atoms with Crippen molar-refractivity contribution in [2.45, 2.75) is 6.92 Å². The van der Waals surface area contributed by atoms with Crippen molar-refractivity contribution in [2.24, 2.45) is 0 Å². The molecule has 1 aliphatic heterocycles. The number of aromatic nitrogens is 1. The predicted molar refractivity (Wildman–Crippen MR) is 66.9 cm³/mol. The average Bonchev–Trinajstić information content (AvgIpc) is 2.40. The van der Waals surface area contributed by atoms with E-state index in [0.29, 0.717) is 0 Å². The van der Waals surface area contributed by atoms with E-state index in [0.717, 1.165) is 38.4 Å². The third-order valence-corrected chi connectivity index (χ3v) is 3.04. The van der Waals surface area contributed by atoms with Crippen LogP contribution in [0.3, 0.4) is 0 Å². The van der Waals surface area contributed by atoms with Gasteiger partial charge < -0.3 is 15.1 Å². The van der Waals surface area contributed by atoms with E-state index < -0.39 is 0 Å².